The second kappa shape index (κ2) is 6.30. The molecule has 0 heterocycles. The molecule has 2 aromatic carbocycles. The summed E-state index contributed by atoms with van der Waals surface area (Å²) in [6.45, 7) is -0.142. The van der Waals surface area contributed by atoms with Crippen LogP contribution in [0.5, 0.6) is 0 Å². The van der Waals surface area contributed by atoms with E-state index in [2.05, 4.69) is 5.32 Å². The van der Waals surface area contributed by atoms with Gasteiger partial charge in [0.05, 0.1) is 17.1 Å². The van der Waals surface area contributed by atoms with E-state index in [9.17, 15) is 14.0 Å². The van der Waals surface area contributed by atoms with Crippen molar-refractivity contribution in [2.75, 3.05) is 6.54 Å². The smallest absolute Gasteiger partial charge is 0.253 e. The first-order chi connectivity index (χ1) is 9.58. The Kier molecular flexibility index (Phi) is 4.48. The second-order valence-corrected chi connectivity index (χ2v) is 4.50. The van der Waals surface area contributed by atoms with Crippen molar-refractivity contribution in [3.05, 3.63) is 70.5 Å². The fourth-order valence-electron chi connectivity index (χ4n) is 1.66. The Labute approximate surface area is 120 Å². The number of halogens is 2. The number of ketones is 1. The Hall–Kier alpha value is -2.20. The highest BCUT2D eigenvalue weighted by Gasteiger charge is 2.13. The highest BCUT2D eigenvalue weighted by Crippen LogP contribution is 2.16. The molecule has 0 aromatic heterocycles. The Balaban J connectivity index is 2.00. The minimum Gasteiger partial charge on any atom is -0.345 e. The Morgan fingerprint density at radius 3 is 2.45 bits per heavy atom. The molecule has 0 aliphatic carbocycles. The quantitative estimate of drug-likeness (QED) is 0.880. The fourth-order valence-corrected chi connectivity index (χ4v) is 1.91. The number of amides is 1. The number of carbonyl (C=O) groups excluding carboxylic acids is 2. The lowest BCUT2D eigenvalue weighted by Crippen LogP contribution is -2.29. The van der Waals surface area contributed by atoms with Gasteiger partial charge in [0.25, 0.3) is 5.91 Å². The first-order valence-corrected chi connectivity index (χ1v) is 6.27. The molecule has 0 aliphatic heterocycles. The van der Waals surface area contributed by atoms with Gasteiger partial charge < -0.3 is 5.32 Å². The molecule has 0 bridgehead atoms. The fraction of sp³-hybridized carbons (Fsp3) is 0.0667. The molecule has 3 nitrogen and oxygen atoms in total. The summed E-state index contributed by atoms with van der Waals surface area (Å²) in [5.41, 5.74) is 0.645. The van der Waals surface area contributed by atoms with Crippen molar-refractivity contribution < 1.29 is 14.0 Å². The maximum Gasteiger partial charge on any atom is 0.253 e. The summed E-state index contributed by atoms with van der Waals surface area (Å²) in [5.74, 6) is -1.25. The molecule has 2 aromatic rings. The van der Waals surface area contributed by atoms with Gasteiger partial charge in [0.2, 0.25) is 0 Å². The van der Waals surface area contributed by atoms with Gasteiger partial charge in [0, 0.05) is 5.56 Å². The molecule has 0 unspecified atom stereocenters. The van der Waals surface area contributed by atoms with Gasteiger partial charge in [-0.05, 0) is 18.2 Å². The van der Waals surface area contributed by atoms with E-state index >= 15 is 0 Å². The molecule has 0 fully saturated rings. The van der Waals surface area contributed by atoms with Gasteiger partial charge in [-0.3, -0.25) is 9.59 Å². The maximum atomic E-state index is 12.9. The molecule has 0 spiro atoms. The zero-order valence-corrected chi connectivity index (χ0v) is 11.2. The van der Waals surface area contributed by atoms with Crippen molar-refractivity contribution in [3.63, 3.8) is 0 Å². The summed E-state index contributed by atoms with van der Waals surface area (Å²) in [4.78, 5) is 23.7. The Morgan fingerprint density at radius 2 is 1.80 bits per heavy atom. The van der Waals surface area contributed by atoms with Crippen molar-refractivity contribution in [1.82, 2.24) is 5.32 Å². The van der Waals surface area contributed by atoms with Gasteiger partial charge in [-0.2, -0.15) is 0 Å². The van der Waals surface area contributed by atoms with Gasteiger partial charge >= 0.3 is 0 Å². The number of carbonyl (C=O) groups is 2. The Morgan fingerprint density at radius 1 is 1.10 bits per heavy atom. The van der Waals surface area contributed by atoms with Crippen LogP contribution in [0.4, 0.5) is 4.39 Å². The SMILES string of the molecule is O=C(CNC(=O)c1ccc(F)cc1Cl)c1ccccc1. The number of hydrogen-bond acceptors (Lipinski definition) is 2. The first-order valence-electron chi connectivity index (χ1n) is 5.89. The van der Waals surface area contributed by atoms with Crippen LogP contribution in [0.1, 0.15) is 20.7 Å². The molecule has 0 radical (unpaired) electrons. The predicted octanol–water partition coefficient (Wildman–Crippen LogP) is 3.09. The lowest BCUT2D eigenvalue weighted by Gasteiger charge is -2.06. The van der Waals surface area contributed by atoms with E-state index in [0.717, 1.165) is 12.1 Å². The molecule has 0 atom stereocenters. The summed E-state index contributed by atoms with van der Waals surface area (Å²) in [7, 11) is 0. The summed E-state index contributed by atoms with van der Waals surface area (Å²) < 4.78 is 12.9. The van der Waals surface area contributed by atoms with Crippen LogP contribution in [-0.2, 0) is 0 Å². The summed E-state index contributed by atoms with van der Waals surface area (Å²) in [6.07, 6.45) is 0. The molecule has 5 heteroatoms. The van der Waals surface area contributed by atoms with E-state index in [1.54, 1.807) is 30.3 Å². The van der Waals surface area contributed by atoms with Crippen molar-refractivity contribution in [3.8, 4) is 0 Å². The third-order valence-electron chi connectivity index (χ3n) is 2.68. The van der Waals surface area contributed by atoms with Gasteiger partial charge in [-0.25, -0.2) is 4.39 Å². The summed E-state index contributed by atoms with van der Waals surface area (Å²) >= 11 is 5.77. The zero-order valence-electron chi connectivity index (χ0n) is 10.4. The first kappa shape index (κ1) is 14.2. The Bertz CT molecular complexity index is 644. The minimum atomic E-state index is -0.521. The lowest BCUT2D eigenvalue weighted by atomic mass is 10.1. The van der Waals surface area contributed by atoms with Crippen LogP contribution < -0.4 is 5.32 Å². The number of hydrogen-bond donors (Lipinski definition) is 1. The molecule has 1 amide bonds. The topological polar surface area (TPSA) is 46.2 Å². The van der Waals surface area contributed by atoms with Crippen molar-refractivity contribution >= 4 is 23.3 Å². The largest absolute Gasteiger partial charge is 0.345 e. The normalized spacial score (nSPS) is 10.1. The third kappa shape index (κ3) is 3.42. The van der Waals surface area contributed by atoms with Gasteiger partial charge in [-0.15, -0.1) is 0 Å². The lowest BCUT2D eigenvalue weighted by molar-refractivity contribution is 0.0904. The van der Waals surface area contributed by atoms with E-state index in [-0.39, 0.29) is 22.9 Å². The second-order valence-electron chi connectivity index (χ2n) is 4.10. The molecular formula is C15H11ClFNO2. The van der Waals surface area contributed by atoms with Gasteiger partial charge in [0.15, 0.2) is 5.78 Å². The standard InChI is InChI=1S/C15H11ClFNO2/c16-13-8-11(17)6-7-12(13)15(20)18-9-14(19)10-4-2-1-3-5-10/h1-8H,9H2,(H,18,20). The number of benzene rings is 2. The monoisotopic (exact) mass is 291 g/mol. The van der Waals surface area contributed by atoms with Crippen LogP contribution in [0.25, 0.3) is 0 Å². The van der Waals surface area contributed by atoms with E-state index in [0.29, 0.717) is 5.56 Å². The maximum absolute atomic E-state index is 12.9. The van der Waals surface area contributed by atoms with E-state index in [1.807, 2.05) is 0 Å². The van der Waals surface area contributed by atoms with Crippen LogP contribution in [0, 0.1) is 5.82 Å². The molecule has 1 N–H and O–H groups in total. The molecule has 0 saturated heterocycles. The molecule has 0 aliphatic rings. The average molecular weight is 292 g/mol. The summed E-state index contributed by atoms with van der Waals surface area (Å²) in [6, 6.07) is 12.1. The molecule has 102 valence electrons. The van der Waals surface area contributed by atoms with Gasteiger partial charge in [-0.1, -0.05) is 41.9 Å². The van der Waals surface area contributed by atoms with E-state index in [1.165, 1.54) is 6.07 Å². The van der Waals surface area contributed by atoms with Gasteiger partial charge in [0.1, 0.15) is 5.82 Å². The van der Waals surface area contributed by atoms with Crippen molar-refractivity contribution in [1.29, 1.82) is 0 Å². The van der Waals surface area contributed by atoms with Crippen LogP contribution in [0.3, 0.4) is 0 Å². The van der Waals surface area contributed by atoms with Crippen LogP contribution >= 0.6 is 11.6 Å². The van der Waals surface area contributed by atoms with Crippen LogP contribution in [-0.4, -0.2) is 18.2 Å². The zero-order chi connectivity index (χ0) is 14.5. The highest BCUT2D eigenvalue weighted by molar-refractivity contribution is 6.33. The number of nitrogens with one attached hydrogen (secondary N) is 1. The predicted molar refractivity (Wildman–Crippen MR) is 74.5 cm³/mol. The van der Waals surface area contributed by atoms with E-state index in [4.69, 9.17) is 11.6 Å². The minimum absolute atomic E-state index is 0.00894. The van der Waals surface area contributed by atoms with Crippen molar-refractivity contribution in [2.24, 2.45) is 0 Å². The third-order valence-corrected chi connectivity index (χ3v) is 2.99. The summed E-state index contributed by atoms with van der Waals surface area (Å²) in [5, 5.41) is 2.47. The molecule has 2 rings (SSSR count). The number of Topliss-reactive ketones (excluding diaryl/α,β-unsaturated/α-hetero) is 1. The molecular weight excluding hydrogens is 281 g/mol. The van der Waals surface area contributed by atoms with Crippen LogP contribution in [0.15, 0.2) is 48.5 Å². The molecule has 0 saturated carbocycles. The van der Waals surface area contributed by atoms with Crippen LogP contribution in [0.2, 0.25) is 5.02 Å². The molecule has 20 heavy (non-hydrogen) atoms. The highest BCUT2D eigenvalue weighted by atomic mass is 35.5. The van der Waals surface area contributed by atoms with Crippen molar-refractivity contribution in [2.45, 2.75) is 0 Å². The average Bonchev–Trinajstić information content (AvgIpc) is 2.45. The number of rotatable bonds is 4. The van der Waals surface area contributed by atoms with E-state index < -0.39 is 11.7 Å².